The molecule has 1 aromatic rings. The predicted molar refractivity (Wildman–Crippen MR) is 73.6 cm³/mol. The van der Waals surface area contributed by atoms with Gasteiger partial charge < -0.3 is 9.84 Å². The fourth-order valence-corrected chi connectivity index (χ4v) is 4.31. The van der Waals surface area contributed by atoms with Crippen LogP contribution in [-0.4, -0.2) is 59.4 Å². The van der Waals surface area contributed by atoms with Crippen molar-refractivity contribution in [1.29, 1.82) is 0 Å². The summed E-state index contributed by atoms with van der Waals surface area (Å²) in [5.74, 6) is -1.04. The van der Waals surface area contributed by atoms with Crippen LogP contribution in [-0.2, 0) is 26.6 Å². The Kier molecular flexibility index (Phi) is 4.87. The molecule has 21 heavy (non-hydrogen) atoms. The normalized spacial score (nSPS) is 18.0. The second-order valence-electron chi connectivity index (χ2n) is 4.73. The molecule has 0 unspecified atom stereocenters. The quantitative estimate of drug-likeness (QED) is 0.830. The van der Waals surface area contributed by atoms with Gasteiger partial charge in [-0.1, -0.05) is 11.6 Å². The monoisotopic (exact) mass is 337 g/mol. The largest absolute Gasteiger partial charge is 0.480 e. The highest BCUT2D eigenvalue weighted by Crippen LogP contribution is 2.26. The molecule has 0 saturated carbocycles. The lowest BCUT2D eigenvalue weighted by atomic mass is 10.1. The van der Waals surface area contributed by atoms with Gasteiger partial charge in [0, 0.05) is 20.1 Å². The van der Waals surface area contributed by atoms with Crippen molar-refractivity contribution >= 4 is 27.6 Å². The molecule has 2 heterocycles. The van der Waals surface area contributed by atoms with Gasteiger partial charge in [-0.3, -0.25) is 4.68 Å². The molecule has 1 fully saturated rings. The van der Waals surface area contributed by atoms with Crippen LogP contribution in [0.2, 0.25) is 5.02 Å². The summed E-state index contributed by atoms with van der Waals surface area (Å²) < 4.78 is 32.7. The van der Waals surface area contributed by atoms with Crippen LogP contribution in [0.5, 0.6) is 0 Å². The topological polar surface area (TPSA) is 102 Å². The number of sulfonamides is 1. The molecule has 8 nitrogen and oxygen atoms in total. The minimum Gasteiger partial charge on any atom is -0.480 e. The summed E-state index contributed by atoms with van der Waals surface area (Å²) in [4.78, 5) is 10.4. The molecular weight excluding hydrogens is 322 g/mol. The molecule has 1 saturated heterocycles. The number of ether oxygens (including phenoxy) is 1. The van der Waals surface area contributed by atoms with Crippen molar-refractivity contribution in [1.82, 2.24) is 14.1 Å². The van der Waals surface area contributed by atoms with E-state index in [9.17, 15) is 13.2 Å². The number of aryl methyl sites for hydroxylation is 1. The van der Waals surface area contributed by atoms with Crippen LogP contribution in [0.3, 0.4) is 0 Å². The number of piperidine rings is 1. The molecule has 0 bridgehead atoms. The maximum atomic E-state index is 12.5. The molecule has 1 aliphatic rings. The molecule has 0 amide bonds. The number of nitrogens with zero attached hydrogens (tertiary/aromatic N) is 3. The van der Waals surface area contributed by atoms with Crippen molar-refractivity contribution < 1.29 is 23.1 Å². The van der Waals surface area contributed by atoms with Crippen molar-refractivity contribution in [3.63, 3.8) is 0 Å². The van der Waals surface area contributed by atoms with Gasteiger partial charge in [-0.2, -0.15) is 9.40 Å². The van der Waals surface area contributed by atoms with Gasteiger partial charge in [0.2, 0.25) is 0 Å². The Morgan fingerprint density at radius 1 is 1.52 bits per heavy atom. The molecule has 1 aromatic heterocycles. The van der Waals surface area contributed by atoms with E-state index in [0.717, 1.165) is 0 Å². The Labute approximate surface area is 127 Å². The average Bonchev–Trinajstić information content (AvgIpc) is 2.77. The van der Waals surface area contributed by atoms with E-state index < -0.39 is 16.0 Å². The minimum absolute atomic E-state index is 0.0333. The lowest BCUT2D eigenvalue weighted by Crippen LogP contribution is -2.41. The third kappa shape index (κ3) is 3.54. The Bertz CT molecular complexity index is 602. The summed E-state index contributed by atoms with van der Waals surface area (Å²) in [6, 6.07) is 0. The molecule has 2 rings (SSSR count). The summed E-state index contributed by atoms with van der Waals surface area (Å²) in [6.45, 7) is 0.146. The van der Waals surface area contributed by atoms with E-state index >= 15 is 0 Å². The molecule has 118 valence electrons. The third-order valence-corrected chi connectivity index (χ3v) is 5.68. The summed E-state index contributed by atoms with van der Waals surface area (Å²) in [7, 11) is -2.19. The number of aromatic nitrogens is 2. The van der Waals surface area contributed by atoms with Gasteiger partial charge in [-0.15, -0.1) is 0 Å². The van der Waals surface area contributed by atoms with Gasteiger partial charge in [0.05, 0.1) is 17.3 Å². The van der Waals surface area contributed by atoms with E-state index in [-0.39, 0.29) is 35.8 Å². The molecule has 10 heteroatoms. The zero-order chi connectivity index (χ0) is 15.6. The summed E-state index contributed by atoms with van der Waals surface area (Å²) in [5.41, 5.74) is 0. The first-order valence-corrected chi connectivity index (χ1v) is 8.15. The van der Waals surface area contributed by atoms with Gasteiger partial charge in [-0.05, 0) is 12.8 Å². The zero-order valence-corrected chi connectivity index (χ0v) is 13.0. The third-order valence-electron chi connectivity index (χ3n) is 3.27. The van der Waals surface area contributed by atoms with Crippen LogP contribution >= 0.6 is 11.6 Å². The van der Waals surface area contributed by atoms with Crippen LogP contribution in [0.25, 0.3) is 0 Å². The number of aliphatic carboxylic acids is 1. The van der Waals surface area contributed by atoms with Gasteiger partial charge in [-0.25, -0.2) is 13.2 Å². The maximum absolute atomic E-state index is 12.5. The Hall–Kier alpha value is -1.16. The highest BCUT2D eigenvalue weighted by molar-refractivity contribution is 7.89. The molecule has 0 spiro atoms. The maximum Gasteiger partial charge on any atom is 0.329 e. The Balaban J connectivity index is 2.03. The standard InChI is InChI=1S/C11H16ClN3O5S/c1-14-11(9(12)6-13-14)21(18,19)15-4-2-8(3-5-15)20-7-10(16)17/h6,8H,2-5,7H2,1H3,(H,16,17). The van der Waals surface area contributed by atoms with E-state index in [1.165, 1.54) is 22.2 Å². The van der Waals surface area contributed by atoms with Crippen molar-refractivity contribution in [3.05, 3.63) is 11.2 Å². The Morgan fingerprint density at radius 3 is 2.62 bits per heavy atom. The van der Waals surface area contributed by atoms with Crippen molar-refractivity contribution in [2.45, 2.75) is 24.0 Å². The first-order valence-electron chi connectivity index (χ1n) is 6.33. The lowest BCUT2D eigenvalue weighted by Gasteiger charge is -2.30. The molecule has 0 radical (unpaired) electrons. The molecular formula is C11H16ClN3O5S. The van der Waals surface area contributed by atoms with Gasteiger partial charge in [0.15, 0.2) is 5.03 Å². The van der Waals surface area contributed by atoms with Gasteiger partial charge >= 0.3 is 5.97 Å². The van der Waals surface area contributed by atoms with E-state index in [4.69, 9.17) is 21.4 Å². The summed E-state index contributed by atoms with van der Waals surface area (Å²) in [6.07, 6.45) is 1.94. The first kappa shape index (κ1) is 16.2. The number of carbonyl (C=O) groups is 1. The van der Waals surface area contributed by atoms with Crippen LogP contribution in [0.4, 0.5) is 0 Å². The number of rotatable bonds is 5. The van der Waals surface area contributed by atoms with Gasteiger partial charge in [0.1, 0.15) is 6.61 Å². The number of hydrogen-bond donors (Lipinski definition) is 1. The van der Waals surface area contributed by atoms with Gasteiger partial charge in [0.25, 0.3) is 10.0 Å². The minimum atomic E-state index is -3.70. The number of hydrogen-bond acceptors (Lipinski definition) is 5. The van der Waals surface area contributed by atoms with E-state index in [2.05, 4.69) is 5.10 Å². The van der Waals surface area contributed by atoms with Crippen LogP contribution in [0.1, 0.15) is 12.8 Å². The molecule has 1 aliphatic heterocycles. The summed E-state index contributed by atoms with van der Waals surface area (Å²) in [5, 5.41) is 12.4. The van der Waals surface area contributed by atoms with Crippen LogP contribution < -0.4 is 0 Å². The summed E-state index contributed by atoms with van der Waals surface area (Å²) >= 11 is 5.88. The second-order valence-corrected chi connectivity index (χ2v) is 6.99. The second kappa shape index (κ2) is 6.30. The fourth-order valence-electron chi connectivity index (χ4n) is 2.24. The average molecular weight is 338 g/mol. The zero-order valence-electron chi connectivity index (χ0n) is 11.4. The van der Waals surface area contributed by atoms with Crippen molar-refractivity contribution in [2.24, 2.45) is 7.05 Å². The predicted octanol–water partition coefficient (Wildman–Crippen LogP) is 0.328. The lowest BCUT2D eigenvalue weighted by molar-refractivity contribution is -0.145. The van der Waals surface area contributed by atoms with E-state index in [1.807, 2.05) is 0 Å². The molecule has 0 aliphatic carbocycles. The first-order chi connectivity index (χ1) is 9.82. The van der Waals surface area contributed by atoms with Crippen LogP contribution in [0.15, 0.2) is 11.2 Å². The SMILES string of the molecule is Cn1ncc(Cl)c1S(=O)(=O)N1CCC(OCC(=O)O)CC1. The van der Waals surface area contributed by atoms with Crippen molar-refractivity contribution in [2.75, 3.05) is 19.7 Å². The highest BCUT2D eigenvalue weighted by Gasteiger charge is 2.33. The van der Waals surface area contributed by atoms with E-state index in [0.29, 0.717) is 12.8 Å². The number of carboxylic acid groups (broad SMARTS) is 1. The molecule has 0 atom stereocenters. The van der Waals surface area contributed by atoms with E-state index in [1.54, 1.807) is 0 Å². The fraction of sp³-hybridized carbons (Fsp3) is 0.636. The smallest absolute Gasteiger partial charge is 0.329 e. The molecule has 0 aromatic carbocycles. The number of carboxylic acids is 1. The van der Waals surface area contributed by atoms with Crippen LogP contribution in [0, 0.1) is 0 Å². The van der Waals surface area contributed by atoms with Crippen molar-refractivity contribution in [3.8, 4) is 0 Å². The Morgan fingerprint density at radius 2 is 2.14 bits per heavy atom. The number of halogens is 1. The molecule has 1 N–H and O–H groups in total. The highest BCUT2D eigenvalue weighted by atomic mass is 35.5.